The van der Waals surface area contributed by atoms with Crippen LogP contribution in [0.5, 0.6) is 5.75 Å². The number of sulfonamides is 1. The number of ether oxygens (including phenoxy) is 1. The van der Waals surface area contributed by atoms with E-state index in [9.17, 15) is 31.2 Å². The highest BCUT2D eigenvalue weighted by atomic mass is 35.5. The predicted octanol–water partition coefficient (Wildman–Crippen LogP) is 3.69. The first kappa shape index (κ1) is 29.2. The number of hydrogen-bond donors (Lipinski definition) is 1. The van der Waals surface area contributed by atoms with Gasteiger partial charge in [0.15, 0.2) is 0 Å². The summed E-state index contributed by atoms with van der Waals surface area (Å²) in [7, 11) is -2.74. The molecule has 0 unspecified atom stereocenters. The minimum atomic E-state index is -4.84. The molecular weight excluding hydrogens is 523 g/mol. The number of anilines is 1. The van der Waals surface area contributed by atoms with Crippen molar-refractivity contribution in [3.05, 3.63) is 58.6 Å². The summed E-state index contributed by atoms with van der Waals surface area (Å²) in [4.78, 5) is 27.1. The molecule has 8 nitrogen and oxygen atoms in total. The van der Waals surface area contributed by atoms with Crippen LogP contribution in [0.4, 0.5) is 18.9 Å². The second kappa shape index (κ2) is 11.8. The van der Waals surface area contributed by atoms with Crippen LogP contribution in [0.2, 0.25) is 5.02 Å². The quantitative estimate of drug-likeness (QED) is 0.488. The van der Waals surface area contributed by atoms with E-state index in [0.717, 1.165) is 23.3 Å². The summed E-state index contributed by atoms with van der Waals surface area (Å²) >= 11 is 5.66. The van der Waals surface area contributed by atoms with Crippen LogP contribution in [0.15, 0.2) is 42.5 Å². The molecule has 1 atom stereocenters. The molecular formula is C23H27ClF3N3O5S. The minimum absolute atomic E-state index is 0.0830. The molecule has 0 aliphatic rings. The van der Waals surface area contributed by atoms with E-state index in [0.29, 0.717) is 28.2 Å². The van der Waals surface area contributed by atoms with Crippen molar-refractivity contribution in [2.24, 2.45) is 0 Å². The lowest BCUT2D eigenvalue weighted by atomic mass is 10.1. The van der Waals surface area contributed by atoms with Gasteiger partial charge in [0.2, 0.25) is 21.8 Å². The average Bonchev–Trinajstić information content (AvgIpc) is 2.79. The van der Waals surface area contributed by atoms with E-state index in [4.69, 9.17) is 16.3 Å². The summed E-state index contributed by atoms with van der Waals surface area (Å²) in [5.41, 5.74) is -1.04. The van der Waals surface area contributed by atoms with Gasteiger partial charge >= 0.3 is 6.18 Å². The van der Waals surface area contributed by atoms with Crippen LogP contribution >= 0.6 is 11.6 Å². The van der Waals surface area contributed by atoms with Gasteiger partial charge in [-0.15, -0.1) is 0 Å². The maximum absolute atomic E-state index is 13.4. The van der Waals surface area contributed by atoms with Crippen LogP contribution in [-0.2, 0) is 32.3 Å². The van der Waals surface area contributed by atoms with Gasteiger partial charge < -0.3 is 15.0 Å². The van der Waals surface area contributed by atoms with Crippen LogP contribution in [-0.4, -0.2) is 57.6 Å². The molecule has 2 aromatic rings. The molecule has 2 amide bonds. The lowest BCUT2D eigenvalue weighted by Gasteiger charge is -2.31. The number of nitrogens with zero attached hydrogens (tertiary/aromatic N) is 2. The number of benzene rings is 2. The summed E-state index contributed by atoms with van der Waals surface area (Å²) in [6.45, 7) is 2.54. The first-order valence-electron chi connectivity index (χ1n) is 10.7. The smallest absolute Gasteiger partial charge is 0.417 e. The van der Waals surface area contributed by atoms with E-state index < -0.39 is 56.9 Å². The van der Waals surface area contributed by atoms with Gasteiger partial charge in [-0.3, -0.25) is 13.9 Å². The van der Waals surface area contributed by atoms with E-state index in [1.807, 2.05) is 0 Å². The summed E-state index contributed by atoms with van der Waals surface area (Å²) in [5, 5.41) is 1.99. The third kappa shape index (κ3) is 7.50. The Morgan fingerprint density at radius 1 is 1.17 bits per heavy atom. The van der Waals surface area contributed by atoms with Gasteiger partial charge in [-0.2, -0.15) is 13.2 Å². The van der Waals surface area contributed by atoms with Gasteiger partial charge in [-0.25, -0.2) is 8.42 Å². The molecule has 0 bridgehead atoms. The van der Waals surface area contributed by atoms with Gasteiger partial charge in [-0.05, 0) is 49.7 Å². The SMILES string of the molecule is CCNC(=O)[C@@H](C)N(Cc1cccc(OC)c1)C(=O)CN(c1ccc(Cl)c(C(F)(F)F)c1)S(C)(=O)=O. The third-order valence-electron chi connectivity index (χ3n) is 5.23. The molecule has 2 rings (SSSR count). The van der Waals surface area contributed by atoms with Gasteiger partial charge in [0.1, 0.15) is 18.3 Å². The van der Waals surface area contributed by atoms with Crippen LogP contribution in [0.25, 0.3) is 0 Å². The molecule has 0 saturated heterocycles. The third-order valence-corrected chi connectivity index (χ3v) is 6.70. The summed E-state index contributed by atoms with van der Waals surface area (Å²) in [5.74, 6) is -0.778. The fourth-order valence-corrected chi connectivity index (χ4v) is 4.44. The zero-order valence-electron chi connectivity index (χ0n) is 20.1. The van der Waals surface area contributed by atoms with Crippen molar-refractivity contribution in [1.29, 1.82) is 0 Å². The van der Waals surface area contributed by atoms with Crippen LogP contribution < -0.4 is 14.4 Å². The number of halogens is 4. The maximum Gasteiger partial charge on any atom is 0.417 e. The highest BCUT2D eigenvalue weighted by Crippen LogP contribution is 2.37. The Bertz CT molecular complexity index is 1210. The van der Waals surface area contributed by atoms with Gasteiger partial charge in [0, 0.05) is 13.1 Å². The number of carbonyl (C=O) groups is 2. The summed E-state index contributed by atoms with van der Waals surface area (Å²) in [6, 6.07) is 8.25. The fraction of sp³-hybridized carbons (Fsp3) is 0.391. The average molecular weight is 550 g/mol. The molecule has 0 spiro atoms. The van der Waals surface area contributed by atoms with Crippen LogP contribution in [0, 0.1) is 0 Å². The largest absolute Gasteiger partial charge is 0.497 e. The monoisotopic (exact) mass is 549 g/mol. The van der Waals surface area contributed by atoms with E-state index in [1.165, 1.54) is 14.0 Å². The molecule has 198 valence electrons. The number of nitrogens with one attached hydrogen (secondary N) is 1. The maximum atomic E-state index is 13.4. The molecule has 36 heavy (non-hydrogen) atoms. The molecule has 0 heterocycles. The second-order valence-corrected chi connectivity index (χ2v) is 10.2. The Kier molecular flexibility index (Phi) is 9.61. The van der Waals surface area contributed by atoms with Crippen molar-refractivity contribution >= 4 is 39.1 Å². The molecule has 0 radical (unpaired) electrons. The fourth-order valence-electron chi connectivity index (χ4n) is 3.37. The molecule has 0 aliphatic heterocycles. The number of rotatable bonds is 10. The standard InChI is InChI=1S/C23H27ClF3N3O5S/c1-5-28-22(32)15(2)29(13-16-7-6-8-18(11-16)35-3)21(31)14-30(36(4,33)34)17-9-10-20(24)19(12-17)23(25,26)27/h6-12,15H,5,13-14H2,1-4H3,(H,28,32)/t15-/m1/s1. The topological polar surface area (TPSA) is 96.0 Å². The van der Waals surface area contributed by atoms with Crippen LogP contribution in [0.3, 0.4) is 0 Å². The lowest BCUT2D eigenvalue weighted by molar-refractivity contribution is -0.139. The Labute approximate surface area is 213 Å². The molecule has 0 aliphatic carbocycles. The van der Waals surface area contributed by atoms with E-state index in [1.54, 1.807) is 31.2 Å². The molecule has 0 saturated carbocycles. The second-order valence-electron chi connectivity index (χ2n) is 7.88. The highest BCUT2D eigenvalue weighted by molar-refractivity contribution is 7.92. The Morgan fingerprint density at radius 3 is 2.39 bits per heavy atom. The molecule has 1 N–H and O–H groups in total. The number of alkyl halides is 3. The number of hydrogen-bond acceptors (Lipinski definition) is 5. The Hall–Kier alpha value is -2.99. The number of amides is 2. The zero-order valence-corrected chi connectivity index (χ0v) is 21.7. The molecule has 13 heteroatoms. The van der Waals surface area contributed by atoms with Gasteiger partial charge in [0.05, 0.1) is 29.6 Å². The zero-order chi connectivity index (χ0) is 27.3. The van der Waals surface area contributed by atoms with Crippen LogP contribution in [0.1, 0.15) is 25.0 Å². The van der Waals surface area contributed by atoms with Crippen molar-refractivity contribution < 1.29 is 35.9 Å². The minimum Gasteiger partial charge on any atom is -0.497 e. The summed E-state index contributed by atoms with van der Waals surface area (Å²) in [6.07, 6.45) is -4.08. The highest BCUT2D eigenvalue weighted by Gasteiger charge is 2.35. The normalized spacial score (nSPS) is 12.6. The molecule has 2 aromatic carbocycles. The first-order chi connectivity index (χ1) is 16.7. The van der Waals surface area contributed by atoms with Crippen molar-refractivity contribution in [3.8, 4) is 5.75 Å². The van der Waals surface area contributed by atoms with Crippen molar-refractivity contribution in [3.63, 3.8) is 0 Å². The Morgan fingerprint density at radius 2 is 1.83 bits per heavy atom. The van der Waals surface area contributed by atoms with Gasteiger partial charge in [-0.1, -0.05) is 23.7 Å². The van der Waals surface area contributed by atoms with Crippen molar-refractivity contribution in [2.75, 3.05) is 30.8 Å². The van der Waals surface area contributed by atoms with Crippen molar-refractivity contribution in [2.45, 2.75) is 32.6 Å². The first-order valence-corrected chi connectivity index (χ1v) is 13.0. The Balaban J connectivity index is 2.48. The van der Waals surface area contributed by atoms with E-state index in [2.05, 4.69) is 5.32 Å². The summed E-state index contributed by atoms with van der Waals surface area (Å²) < 4.78 is 70.9. The van der Waals surface area contributed by atoms with Gasteiger partial charge in [0.25, 0.3) is 0 Å². The van der Waals surface area contributed by atoms with Crippen molar-refractivity contribution in [1.82, 2.24) is 10.2 Å². The molecule has 0 aromatic heterocycles. The number of methoxy groups -OCH3 is 1. The predicted molar refractivity (Wildman–Crippen MR) is 130 cm³/mol. The van der Waals surface area contributed by atoms with E-state index in [-0.39, 0.29) is 6.54 Å². The molecule has 0 fully saturated rings. The number of carbonyl (C=O) groups excluding carboxylic acids is 2. The number of likely N-dealkylation sites (N-methyl/N-ethyl adjacent to an activating group) is 1. The van der Waals surface area contributed by atoms with E-state index >= 15 is 0 Å². The lowest BCUT2D eigenvalue weighted by Crippen LogP contribution is -2.51.